The van der Waals surface area contributed by atoms with E-state index in [4.69, 9.17) is 5.26 Å². The molecule has 6 heteroatoms. The fourth-order valence-corrected chi connectivity index (χ4v) is 3.74. The van der Waals surface area contributed by atoms with Crippen molar-refractivity contribution in [1.29, 1.82) is 5.26 Å². The van der Waals surface area contributed by atoms with Crippen molar-refractivity contribution in [2.75, 3.05) is 11.4 Å². The third-order valence-electron chi connectivity index (χ3n) is 5.44. The zero-order chi connectivity index (χ0) is 22.0. The molecule has 0 radical (unpaired) electrons. The molecule has 2 amide bonds. The second-order valence-electron chi connectivity index (χ2n) is 7.49. The Balaban J connectivity index is 1.49. The van der Waals surface area contributed by atoms with Crippen molar-refractivity contribution in [2.45, 2.75) is 19.4 Å². The fourth-order valence-electron chi connectivity index (χ4n) is 3.74. The lowest BCUT2D eigenvalue weighted by Crippen LogP contribution is -2.29. The maximum atomic E-state index is 13.5. The van der Waals surface area contributed by atoms with Gasteiger partial charge in [-0.3, -0.25) is 9.59 Å². The molecule has 0 fully saturated rings. The molecule has 31 heavy (non-hydrogen) atoms. The van der Waals surface area contributed by atoms with Gasteiger partial charge in [0.05, 0.1) is 17.7 Å². The molecule has 3 aromatic carbocycles. The summed E-state index contributed by atoms with van der Waals surface area (Å²) >= 11 is 0. The molecule has 0 unspecified atom stereocenters. The molecule has 1 heterocycles. The van der Waals surface area contributed by atoms with Gasteiger partial charge in [-0.25, -0.2) is 4.39 Å². The number of hydrogen-bond acceptors (Lipinski definition) is 3. The highest BCUT2D eigenvalue weighted by Crippen LogP contribution is 2.32. The summed E-state index contributed by atoms with van der Waals surface area (Å²) in [5.74, 6) is -0.888. The third-order valence-corrected chi connectivity index (χ3v) is 5.44. The van der Waals surface area contributed by atoms with E-state index in [0.717, 1.165) is 16.8 Å². The van der Waals surface area contributed by atoms with Gasteiger partial charge >= 0.3 is 0 Å². The van der Waals surface area contributed by atoms with Crippen molar-refractivity contribution in [3.8, 4) is 6.07 Å². The molecule has 154 valence electrons. The Bertz CT molecular complexity index is 1200. The first-order valence-electron chi connectivity index (χ1n) is 9.97. The van der Waals surface area contributed by atoms with Crippen LogP contribution in [-0.2, 0) is 6.42 Å². The van der Waals surface area contributed by atoms with Crippen LogP contribution in [0.5, 0.6) is 0 Å². The smallest absolute Gasteiger partial charge is 0.258 e. The van der Waals surface area contributed by atoms with Crippen molar-refractivity contribution < 1.29 is 14.0 Å². The van der Waals surface area contributed by atoms with E-state index >= 15 is 0 Å². The summed E-state index contributed by atoms with van der Waals surface area (Å²) in [5.41, 5.74) is 4.06. The van der Waals surface area contributed by atoms with Gasteiger partial charge in [-0.1, -0.05) is 18.2 Å². The van der Waals surface area contributed by atoms with Gasteiger partial charge in [-0.15, -0.1) is 0 Å². The van der Waals surface area contributed by atoms with Gasteiger partial charge in [-0.2, -0.15) is 5.26 Å². The molecule has 0 spiro atoms. The predicted octanol–water partition coefficient (Wildman–Crippen LogP) is 4.39. The number of halogens is 1. The third kappa shape index (κ3) is 4.17. The first-order chi connectivity index (χ1) is 15.0. The number of benzene rings is 3. The van der Waals surface area contributed by atoms with Crippen LogP contribution in [0.1, 0.15) is 50.4 Å². The summed E-state index contributed by atoms with van der Waals surface area (Å²) in [6.07, 6.45) is 0.695. The number of rotatable bonds is 4. The number of carbonyl (C=O) groups is 2. The average Bonchev–Trinajstić information content (AvgIpc) is 3.21. The number of fused-ring (bicyclic) bond motifs is 1. The van der Waals surface area contributed by atoms with Crippen molar-refractivity contribution in [3.05, 3.63) is 100 Å². The van der Waals surface area contributed by atoms with Gasteiger partial charge in [0, 0.05) is 23.4 Å². The summed E-state index contributed by atoms with van der Waals surface area (Å²) in [4.78, 5) is 27.0. The van der Waals surface area contributed by atoms with Gasteiger partial charge in [0.2, 0.25) is 0 Å². The van der Waals surface area contributed by atoms with Crippen LogP contribution in [-0.4, -0.2) is 18.4 Å². The van der Waals surface area contributed by atoms with Crippen LogP contribution in [0.2, 0.25) is 0 Å². The standard InChI is InChI=1S/C25H20FN3O2/c1-16(28-24(30)18-7-5-17(15-27)6-8-18)19-9-10-23-20(13-19)11-12-29(23)25(31)21-3-2-4-22(26)14-21/h2-10,13-14,16H,11-12H2,1H3,(H,28,30)/t16-/m1/s1. The van der Waals surface area contributed by atoms with Crippen LogP contribution < -0.4 is 10.2 Å². The lowest BCUT2D eigenvalue weighted by Gasteiger charge is -2.19. The molecule has 1 aliphatic rings. The van der Waals surface area contributed by atoms with E-state index in [-0.39, 0.29) is 17.9 Å². The second kappa shape index (κ2) is 8.41. The minimum Gasteiger partial charge on any atom is -0.346 e. The van der Waals surface area contributed by atoms with Crippen molar-refractivity contribution in [1.82, 2.24) is 5.32 Å². The zero-order valence-corrected chi connectivity index (χ0v) is 16.9. The normalized spacial score (nSPS) is 13.3. The van der Waals surface area contributed by atoms with E-state index in [9.17, 15) is 14.0 Å². The summed E-state index contributed by atoms with van der Waals surface area (Å²) in [7, 11) is 0. The molecule has 5 nitrogen and oxygen atoms in total. The summed E-state index contributed by atoms with van der Waals surface area (Å²) < 4.78 is 13.5. The van der Waals surface area contributed by atoms with Crippen LogP contribution in [0.25, 0.3) is 0 Å². The minimum atomic E-state index is -0.438. The number of nitrogens with zero attached hydrogens (tertiary/aromatic N) is 2. The number of amides is 2. The maximum Gasteiger partial charge on any atom is 0.258 e. The predicted molar refractivity (Wildman–Crippen MR) is 115 cm³/mol. The average molecular weight is 413 g/mol. The Morgan fingerprint density at radius 3 is 2.55 bits per heavy atom. The van der Waals surface area contributed by atoms with Crippen LogP contribution in [0, 0.1) is 17.1 Å². The van der Waals surface area contributed by atoms with Crippen LogP contribution in [0.4, 0.5) is 10.1 Å². The van der Waals surface area contributed by atoms with Gasteiger partial charge in [0.15, 0.2) is 0 Å². The van der Waals surface area contributed by atoms with Crippen molar-refractivity contribution >= 4 is 17.5 Å². The lowest BCUT2D eigenvalue weighted by molar-refractivity contribution is 0.0938. The van der Waals surface area contributed by atoms with Gasteiger partial charge in [0.1, 0.15) is 5.82 Å². The second-order valence-corrected chi connectivity index (χ2v) is 7.49. The number of anilines is 1. The first kappa shape index (κ1) is 20.3. The van der Waals surface area contributed by atoms with E-state index in [1.165, 1.54) is 18.2 Å². The molecule has 0 aliphatic carbocycles. The van der Waals surface area contributed by atoms with Crippen LogP contribution in [0.15, 0.2) is 66.7 Å². The Kier molecular flexibility index (Phi) is 5.50. The maximum absolute atomic E-state index is 13.5. The molecule has 0 bridgehead atoms. The molecule has 0 saturated carbocycles. The highest BCUT2D eigenvalue weighted by Gasteiger charge is 2.26. The summed E-state index contributed by atoms with van der Waals surface area (Å²) in [5, 5.41) is 11.8. The largest absolute Gasteiger partial charge is 0.346 e. The van der Waals surface area contributed by atoms with Crippen LogP contribution in [0.3, 0.4) is 0 Å². The van der Waals surface area contributed by atoms with Crippen molar-refractivity contribution in [2.24, 2.45) is 0 Å². The Labute approximate surface area is 179 Å². The molecule has 0 aromatic heterocycles. The molecule has 4 rings (SSSR count). The van der Waals surface area contributed by atoms with E-state index < -0.39 is 5.82 Å². The number of nitriles is 1. The molecule has 1 aliphatic heterocycles. The molecule has 3 aromatic rings. The Morgan fingerprint density at radius 2 is 1.84 bits per heavy atom. The SMILES string of the molecule is C[C@@H](NC(=O)c1ccc(C#N)cc1)c1ccc2c(c1)CCN2C(=O)c1cccc(F)c1. The highest BCUT2D eigenvalue weighted by atomic mass is 19.1. The molecule has 1 N–H and O–H groups in total. The van der Waals surface area contributed by atoms with E-state index in [2.05, 4.69) is 5.32 Å². The summed E-state index contributed by atoms with van der Waals surface area (Å²) in [6, 6.07) is 19.7. The Morgan fingerprint density at radius 1 is 1.06 bits per heavy atom. The van der Waals surface area contributed by atoms with Gasteiger partial charge in [0.25, 0.3) is 11.8 Å². The monoisotopic (exact) mass is 413 g/mol. The lowest BCUT2D eigenvalue weighted by atomic mass is 10.0. The minimum absolute atomic E-state index is 0.222. The summed E-state index contributed by atoms with van der Waals surface area (Å²) in [6.45, 7) is 2.42. The number of nitrogens with one attached hydrogen (secondary N) is 1. The Hall–Kier alpha value is -3.98. The van der Waals surface area contributed by atoms with Crippen molar-refractivity contribution in [3.63, 3.8) is 0 Å². The molecular weight excluding hydrogens is 393 g/mol. The van der Waals surface area contributed by atoms with Crippen LogP contribution >= 0.6 is 0 Å². The first-order valence-corrected chi connectivity index (χ1v) is 9.97. The quantitative estimate of drug-likeness (QED) is 0.689. The fraction of sp³-hybridized carbons (Fsp3) is 0.160. The van der Waals surface area contributed by atoms with E-state index in [1.807, 2.05) is 31.2 Å². The topological polar surface area (TPSA) is 73.2 Å². The number of hydrogen-bond donors (Lipinski definition) is 1. The molecule has 1 atom stereocenters. The number of carbonyl (C=O) groups excluding carboxylic acids is 2. The van der Waals surface area contributed by atoms with E-state index in [1.54, 1.807) is 35.2 Å². The van der Waals surface area contributed by atoms with E-state index in [0.29, 0.717) is 29.7 Å². The molecule has 0 saturated heterocycles. The van der Waals surface area contributed by atoms with Gasteiger partial charge in [-0.05, 0) is 73.0 Å². The molecular formula is C25H20FN3O2. The highest BCUT2D eigenvalue weighted by molar-refractivity contribution is 6.07. The zero-order valence-electron chi connectivity index (χ0n) is 16.9. The van der Waals surface area contributed by atoms with Gasteiger partial charge < -0.3 is 10.2 Å².